The second kappa shape index (κ2) is 10.1. The Hall–Kier alpha value is -3.76. The number of anilines is 1. The molecule has 36 heavy (non-hydrogen) atoms. The van der Waals surface area contributed by atoms with E-state index in [-0.39, 0.29) is 29.3 Å². The van der Waals surface area contributed by atoms with Gasteiger partial charge in [-0.25, -0.2) is 9.82 Å². The van der Waals surface area contributed by atoms with Crippen LogP contribution in [-0.2, 0) is 0 Å². The third kappa shape index (κ3) is 4.82. The number of pyridine rings is 1. The van der Waals surface area contributed by atoms with Crippen molar-refractivity contribution in [2.24, 2.45) is 5.10 Å². The summed E-state index contributed by atoms with van der Waals surface area (Å²) in [4.78, 5) is 30.2. The number of amides is 1. The van der Waals surface area contributed by atoms with Gasteiger partial charge in [0.05, 0.1) is 24.0 Å². The molecule has 2 aromatic carbocycles. The number of carbonyl (C=O) groups is 1. The van der Waals surface area contributed by atoms with Crippen LogP contribution in [0.2, 0.25) is 0 Å². The fraction of sp³-hybridized carbons (Fsp3) is 0.346. The first kappa shape index (κ1) is 24.0. The first-order valence-corrected chi connectivity index (χ1v) is 12.0. The van der Waals surface area contributed by atoms with Gasteiger partial charge in [-0.1, -0.05) is 12.1 Å². The lowest BCUT2D eigenvalue weighted by Crippen LogP contribution is -2.47. The van der Waals surface area contributed by atoms with Crippen molar-refractivity contribution in [1.82, 2.24) is 14.9 Å². The summed E-state index contributed by atoms with van der Waals surface area (Å²) in [6, 6.07) is 9.61. The van der Waals surface area contributed by atoms with Gasteiger partial charge in [-0.2, -0.15) is 5.10 Å². The van der Waals surface area contributed by atoms with Gasteiger partial charge in [0.1, 0.15) is 17.1 Å². The summed E-state index contributed by atoms with van der Waals surface area (Å²) in [6.07, 6.45) is 4.65. The van der Waals surface area contributed by atoms with Crippen molar-refractivity contribution in [1.29, 1.82) is 0 Å². The number of aromatic nitrogens is 1. The van der Waals surface area contributed by atoms with Gasteiger partial charge in [0.2, 0.25) is 5.43 Å². The third-order valence-corrected chi connectivity index (χ3v) is 6.72. The number of phenols is 1. The predicted octanol–water partition coefficient (Wildman–Crippen LogP) is 2.06. The number of nitrogens with one attached hydrogen (secondary N) is 1. The van der Waals surface area contributed by atoms with E-state index in [1.54, 1.807) is 24.3 Å². The Bertz CT molecular complexity index is 1380. The normalized spacial score (nSPS) is 16.7. The molecular formula is C26H28FN5O4. The molecule has 0 spiro atoms. The van der Waals surface area contributed by atoms with Crippen molar-refractivity contribution < 1.29 is 19.4 Å². The Kier molecular flexibility index (Phi) is 6.71. The van der Waals surface area contributed by atoms with E-state index in [9.17, 15) is 14.7 Å². The first-order chi connectivity index (χ1) is 17.5. The highest BCUT2D eigenvalue weighted by Gasteiger charge is 2.28. The molecule has 0 unspecified atom stereocenters. The van der Waals surface area contributed by atoms with Crippen LogP contribution in [0.3, 0.4) is 0 Å². The summed E-state index contributed by atoms with van der Waals surface area (Å²) in [6.45, 7) is 3.35. The second-order valence-corrected chi connectivity index (χ2v) is 9.14. The van der Waals surface area contributed by atoms with Crippen LogP contribution in [0, 0.1) is 5.82 Å². The van der Waals surface area contributed by atoms with Crippen LogP contribution in [0.15, 0.2) is 52.5 Å². The van der Waals surface area contributed by atoms with Crippen molar-refractivity contribution in [3.8, 4) is 5.75 Å². The molecule has 0 bridgehead atoms. The highest BCUT2D eigenvalue weighted by atomic mass is 19.1. The number of phenolic OH excluding ortho intramolecular Hbond substituents is 1. The Balaban J connectivity index is 1.45. The van der Waals surface area contributed by atoms with E-state index >= 15 is 4.39 Å². The number of para-hydroxylation sites is 1. The number of hydrogen-bond donors (Lipinski definition) is 3. The molecule has 1 saturated carbocycles. The van der Waals surface area contributed by atoms with Gasteiger partial charge in [0.25, 0.3) is 5.91 Å². The number of aromatic hydroxyl groups is 1. The minimum Gasteiger partial charge on any atom is -0.507 e. The molecule has 1 aliphatic carbocycles. The van der Waals surface area contributed by atoms with E-state index in [0.29, 0.717) is 49.5 Å². The molecule has 3 aromatic rings. The second-order valence-electron chi connectivity index (χ2n) is 9.14. The molecule has 2 heterocycles. The number of aliphatic hydroxyl groups excluding tert-OH is 1. The van der Waals surface area contributed by atoms with Crippen LogP contribution in [0.5, 0.6) is 5.75 Å². The standard InChI is InChI=1S/C26H28FN5O4/c27-21-13-19-22(14-23(21)31-9-7-30(8-10-31)11-12-33)32(18-5-6-18)16-20(25(19)35)26(36)29-28-15-17-3-1-2-4-24(17)34/h1-4,13-16,18,33-34H,5-12H2,(H,29,36)/b28-15-. The van der Waals surface area contributed by atoms with Crippen LogP contribution in [0.4, 0.5) is 10.1 Å². The fourth-order valence-electron chi connectivity index (χ4n) is 4.59. The van der Waals surface area contributed by atoms with E-state index in [1.807, 2.05) is 9.47 Å². The van der Waals surface area contributed by atoms with Crippen LogP contribution < -0.4 is 15.8 Å². The van der Waals surface area contributed by atoms with E-state index in [4.69, 9.17) is 5.11 Å². The largest absolute Gasteiger partial charge is 0.507 e. The van der Waals surface area contributed by atoms with Crippen molar-refractivity contribution in [2.45, 2.75) is 18.9 Å². The maximum atomic E-state index is 15.2. The van der Waals surface area contributed by atoms with E-state index in [1.165, 1.54) is 24.5 Å². The number of halogens is 1. The third-order valence-electron chi connectivity index (χ3n) is 6.72. The van der Waals surface area contributed by atoms with Crippen molar-refractivity contribution in [3.05, 3.63) is 69.8 Å². The van der Waals surface area contributed by atoms with Crippen LogP contribution >= 0.6 is 0 Å². The van der Waals surface area contributed by atoms with Gasteiger partial charge >= 0.3 is 0 Å². The lowest BCUT2D eigenvalue weighted by molar-refractivity contribution is 0.0953. The number of fused-ring (bicyclic) bond motifs is 1. The molecule has 2 fully saturated rings. The number of nitrogens with zero attached hydrogens (tertiary/aromatic N) is 4. The van der Waals surface area contributed by atoms with Gasteiger partial charge in [0, 0.05) is 55.9 Å². The number of hydrazone groups is 1. The number of rotatable bonds is 7. The topological polar surface area (TPSA) is 110 Å². The van der Waals surface area contributed by atoms with Crippen molar-refractivity contribution >= 4 is 28.7 Å². The summed E-state index contributed by atoms with van der Waals surface area (Å²) in [5.41, 5.74) is 3.12. The molecule has 5 rings (SSSR count). The van der Waals surface area contributed by atoms with E-state index in [2.05, 4.69) is 15.4 Å². The maximum Gasteiger partial charge on any atom is 0.276 e. The molecule has 1 amide bonds. The zero-order valence-corrected chi connectivity index (χ0v) is 19.7. The summed E-state index contributed by atoms with van der Waals surface area (Å²) >= 11 is 0. The predicted molar refractivity (Wildman–Crippen MR) is 135 cm³/mol. The Labute approximate surface area is 207 Å². The lowest BCUT2D eigenvalue weighted by atomic mass is 10.1. The SMILES string of the molecule is O=C(N/N=C\c1ccccc1O)c1cn(C2CC2)c2cc(N3CCN(CCO)CC3)c(F)cc2c1=O. The van der Waals surface area contributed by atoms with Gasteiger partial charge in [-0.3, -0.25) is 14.5 Å². The minimum atomic E-state index is -0.701. The molecule has 188 valence electrons. The first-order valence-electron chi connectivity index (χ1n) is 12.0. The van der Waals surface area contributed by atoms with Gasteiger partial charge in [-0.05, 0) is 37.1 Å². The summed E-state index contributed by atoms with van der Waals surface area (Å²) < 4.78 is 17.1. The van der Waals surface area contributed by atoms with Gasteiger partial charge in [-0.15, -0.1) is 0 Å². The van der Waals surface area contributed by atoms with Gasteiger partial charge in [0.15, 0.2) is 0 Å². The van der Waals surface area contributed by atoms with Gasteiger partial charge < -0.3 is 19.7 Å². The number of hydrogen-bond acceptors (Lipinski definition) is 7. The van der Waals surface area contributed by atoms with E-state index < -0.39 is 17.2 Å². The van der Waals surface area contributed by atoms with Crippen molar-refractivity contribution in [2.75, 3.05) is 44.2 Å². The molecule has 1 aliphatic heterocycles. The number of β-amino-alcohol motifs (C(OH)–C–C–N with tert-alkyl or cyclic N) is 1. The smallest absolute Gasteiger partial charge is 0.276 e. The maximum absolute atomic E-state index is 15.2. The monoisotopic (exact) mass is 493 g/mol. The highest BCUT2D eigenvalue weighted by molar-refractivity contribution is 5.98. The molecule has 2 aliphatic rings. The molecule has 0 atom stereocenters. The fourth-order valence-corrected chi connectivity index (χ4v) is 4.59. The highest BCUT2D eigenvalue weighted by Crippen LogP contribution is 2.38. The Morgan fingerprint density at radius 3 is 2.61 bits per heavy atom. The average molecular weight is 494 g/mol. The van der Waals surface area contributed by atoms with Crippen LogP contribution in [0.1, 0.15) is 34.8 Å². The minimum absolute atomic E-state index is 0.0124. The zero-order valence-electron chi connectivity index (χ0n) is 19.7. The summed E-state index contributed by atoms with van der Waals surface area (Å²) in [7, 11) is 0. The average Bonchev–Trinajstić information content (AvgIpc) is 3.72. The summed E-state index contributed by atoms with van der Waals surface area (Å²) in [5, 5.41) is 23.0. The van der Waals surface area contributed by atoms with Crippen LogP contribution in [-0.4, -0.2) is 71.1 Å². The van der Waals surface area contributed by atoms with Crippen LogP contribution in [0.25, 0.3) is 10.9 Å². The zero-order chi connectivity index (χ0) is 25.2. The Morgan fingerprint density at radius 1 is 1.17 bits per heavy atom. The number of benzene rings is 2. The number of aliphatic hydroxyl groups is 1. The van der Waals surface area contributed by atoms with E-state index in [0.717, 1.165) is 12.8 Å². The molecule has 0 radical (unpaired) electrons. The lowest BCUT2D eigenvalue weighted by Gasteiger charge is -2.36. The Morgan fingerprint density at radius 2 is 1.92 bits per heavy atom. The number of carbonyl (C=O) groups excluding carboxylic acids is 1. The van der Waals surface area contributed by atoms with Crippen molar-refractivity contribution in [3.63, 3.8) is 0 Å². The quantitative estimate of drug-likeness (QED) is 0.343. The molecule has 9 nitrogen and oxygen atoms in total. The summed E-state index contributed by atoms with van der Waals surface area (Å²) in [5.74, 6) is -1.20. The molecule has 1 saturated heterocycles. The molecule has 3 N–H and O–H groups in total. The number of piperazine rings is 1. The molecule has 10 heteroatoms. The molecule has 1 aromatic heterocycles. The molecular weight excluding hydrogens is 465 g/mol.